The van der Waals surface area contributed by atoms with Crippen molar-refractivity contribution in [1.29, 1.82) is 0 Å². The van der Waals surface area contributed by atoms with Gasteiger partial charge in [0.2, 0.25) is 0 Å². The zero-order valence-corrected chi connectivity index (χ0v) is 25.1. The highest BCUT2D eigenvalue weighted by molar-refractivity contribution is 7.98. The first-order chi connectivity index (χ1) is 19.2. The van der Waals surface area contributed by atoms with Gasteiger partial charge in [-0.25, -0.2) is 8.42 Å². The highest BCUT2D eigenvalue weighted by Crippen LogP contribution is 2.32. The van der Waals surface area contributed by atoms with E-state index in [9.17, 15) is 8.42 Å². The van der Waals surface area contributed by atoms with Crippen molar-refractivity contribution in [2.75, 3.05) is 4.31 Å². The molecule has 6 nitrogen and oxygen atoms in total. The molecule has 1 heterocycles. The first kappa shape index (κ1) is 28.5. The lowest BCUT2D eigenvalue weighted by Gasteiger charge is -2.25. The Morgan fingerprint density at radius 3 is 2.25 bits per heavy atom. The molecule has 0 aliphatic rings. The van der Waals surface area contributed by atoms with Crippen LogP contribution in [0.1, 0.15) is 17.0 Å². The highest BCUT2D eigenvalue weighted by atomic mass is 35.5. The largest absolute Gasteiger partial charge is 0.272 e. The topological polar surface area (TPSA) is 68.1 Å². The molecule has 0 aliphatic heterocycles. The number of halogens is 3. The van der Waals surface area contributed by atoms with E-state index in [4.69, 9.17) is 34.8 Å². The van der Waals surface area contributed by atoms with E-state index in [1.807, 2.05) is 47.9 Å². The minimum absolute atomic E-state index is 0.0826. The van der Waals surface area contributed by atoms with Gasteiger partial charge in [-0.05, 0) is 67.1 Å². The van der Waals surface area contributed by atoms with E-state index in [2.05, 4.69) is 10.2 Å². The standard InChI is InChI=1S/C29H23Cl3N4O2S2/c1-20-10-14-26(15-11-20)40(37,38)35(25-9-5-6-22(30)16-25)18-28-33-34-29(36(28)24-7-3-2-4-8-24)39-19-21-12-13-23(31)17-27(21)32/h2-17H,18-19H2,1H3. The number of para-hydroxylation sites is 1. The van der Waals surface area contributed by atoms with Crippen molar-refractivity contribution in [3.63, 3.8) is 0 Å². The summed E-state index contributed by atoms with van der Waals surface area (Å²) in [7, 11) is -3.98. The van der Waals surface area contributed by atoms with Crippen LogP contribution in [-0.4, -0.2) is 23.2 Å². The van der Waals surface area contributed by atoms with Crippen LogP contribution >= 0.6 is 46.6 Å². The number of hydrogen-bond donors (Lipinski definition) is 0. The number of hydrogen-bond acceptors (Lipinski definition) is 5. The molecule has 0 N–H and O–H groups in total. The lowest BCUT2D eigenvalue weighted by Crippen LogP contribution is -2.31. The molecule has 0 aliphatic carbocycles. The third kappa shape index (κ3) is 6.32. The molecule has 4 aromatic carbocycles. The number of nitrogens with zero attached hydrogens (tertiary/aromatic N) is 4. The van der Waals surface area contributed by atoms with Gasteiger partial charge in [-0.3, -0.25) is 8.87 Å². The second-order valence-electron chi connectivity index (χ2n) is 8.90. The second-order valence-corrected chi connectivity index (χ2v) is 13.0. The van der Waals surface area contributed by atoms with E-state index < -0.39 is 10.0 Å². The first-order valence-electron chi connectivity index (χ1n) is 12.1. The maximum atomic E-state index is 14.0. The van der Waals surface area contributed by atoms with Gasteiger partial charge < -0.3 is 0 Å². The summed E-state index contributed by atoms with van der Waals surface area (Å²) in [5.41, 5.74) is 3.06. The van der Waals surface area contributed by atoms with Crippen molar-refractivity contribution in [3.05, 3.63) is 129 Å². The highest BCUT2D eigenvalue weighted by Gasteiger charge is 2.28. The maximum absolute atomic E-state index is 14.0. The Morgan fingerprint density at radius 1 is 0.825 bits per heavy atom. The van der Waals surface area contributed by atoms with Crippen LogP contribution in [0.4, 0.5) is 5.69 Å². The monoisotopic (exact) mass is 628 g/mol. The number of thioether (sulfide) groups is 1. The molecule has 5 aromatic rings. The number of aryl methyl sites for hydroxylation is 1. The van der Waals surface area contributed by atoms with Crippen molar-refractivity contribution < 1.29 is 8.42 Å². The van der Waals surface area contributed by atoms with E-state index >= 15 is 0 Å². The molecule has 0 radical (unpaired) electrons. The molecule has 0 bridgehead atoms. The van der Waals surface area contributed by atoms with E-state index in [1.165, 1.54) is 16.1 Å². The maximum Gasteiger partial charge on any atom is 0.264 e. The van der Waals surface area contributed by atoms with Crippen LogP contribution in [0.3, 0.4) is 0 Å². The number of aromatic nitrogens is 3. The average molecular weight is 630 g/mol. The molecular formula is C29H23Cl3N4O2S2. The lowest BCUT2D eigenvalue weighted by atomic mass is 10.2. The molecule has 204 valence electrons. The van der Waals surface area contributed by atoms with Gasteiger partial charge in [0.05, 0.1) is 17.1 Å². The van der Waals surface area contributed by atoms with Gasteiger partial charge in [-0.2, -0.15) is 0 Å². The quantitative estimate of drug-likeness (QED) is 0.154. The molecule has 5 rings (SSSR count). The number of benzene rings is 4. The Morgan fingerprint density at radius 2 is 1.55 bits per heavy atom. The molecule has 1 aromatic heterocycles. The Balaban J connectivity index is 1.57. The molecule has 0 amide bonds. The molecule has 0 saturated heterocycles. The summed E-state index contributed by atoms with van der Waals surface area (Å²) in [6, 6.07) is 28.4. The van der Waals surface area contributed by atoms with Crippen molar-refractivity contribution in [3.8, 4) is 5.69 Å². The summed E-state index contributed by atoms with van der Waals surface area (Å²) in [4.78, 5) is 0.163. The summed E-state index contributed by atoms with van der Waals surface area (Å²) in [6.07, 6.45) is 0. The van der Waals surface area contributed by atoms with Gasteiger partial charge in [-0.15, -0.1) is 10.2 Å². The summed E-state index contributed by atoms with van der Waals surface area (Å²) in [5, 5.41) is 11.0. The van der Waals surface area contributed by atoms with Gasteiger partial charge >= 0.3 is 0 Å². The summed E-state index contributed by atoms with van der Waals surface area (Å²) < 4.78 is 31.1. The first-order valence-corrected chi connectivity index (χ1v) is 15.7. The SMILES string of the molecule is Cc1ccc(S(=O)(=O)N(Cc2nnc(SCc3ccc(Cl)cc3Cl)n2-c2ccccc2)c2cccc(Cl)c2)cc1. The average Bonchev–Trinajstić information content (AvgIpc) is 3.34. The van der Waals surface area contributed by atoms with Crippen molar-refractivity contribution in [2.45, 2.75) is 29.3 Å². The number of sulfonamides is 1. The minimum Gasteiger partial charge on any atom is -0.272 e. The molecular weight excluding hydrogens is 607 g/mol. The Hall–Kier alpha value is -3.01. The van der Waals surface area contributed by atoms with Crippen LogP contribution in [0.15, 0.2) is 107 Å². The van der Waals surface area contributed by atoms with Crippen LogP contribution < -0.4 is 4.31 Å². The zero-order chi connectivity index (χ0) is 28.3. The van der Waals surface area contributed by atoms with Gasteiger partial charge in [0, 0.05) is 26.5 Å². The van der Waals surface area contributed by atoms with Crippen LogP contribution in [0.5, 0.6) is 0 Å². The van der Waals surface area contributed by atoms with Crippen molar-refractivity contribution >= 4 is 62.3 Å². The van der Waals surface area contributed by atoms with Gasteiger partial charge in [0.15, 0.2) is 11.0 Å². The van der Waals surface area contributed by atoms with Gasteiger partial charge in [0.25, 0.3) is 10.0 Å². The molecule has 0 spiro atoms. The van der Waals surface area contributed by atoms with Crippen LogP contribution in [-0.2, 0) is 22.3 Å². The normalized spacial score (nSPS) is 11.5. The molecule has 11 heteroatoms. The fourth-order valence-corrected chi connectivity index (χ4v) is 7.15. The fourth-order valence-electron chi connectivity index (χ4n) is 4.03. The van der Waals surface area contributed by atoms with Crippen LogP contribution in [0.25, 0.3) is 5.69 Å². The van der Waals surface area contributed by atoms with Gasteiger partial charge in [-0.1, -0.05) is 94.6 Å². The summed E-state index contributed by atoms with van der Waals surface area (Å²) >= 11 is 20.2. The summed E-state index contributed by atoms with van der Waals surface area (Å²) in [6.45, 7) is 1.82. The fraction of sp³-hybridized carbons (Fsp3) is 0.103. The van der Waals surface area contributed by atoms with E-state index in [0.29, 0.717) is 37.5 Å². The van der Waals surface area contributed by atoms with Crippen molar-refractivity contribution in [2.24, 2.45) is 0 Å². The van der Waals surface area contributed by atoms with E-state index in [-0.39, 0.29) is 11.4 Å². The third-order valence-electron chi connectivity index (χ3n) is 6.08. The Bertz CT molecular complexity index is 1750. The van der Waals surface area contributed by atoms with Crippen LogP contribution in [0.2, 0.25) is 15.1 Å². The lowest BCUT2D eigenvalue weighted by molar-refractivity contribution is 0.588. The Labute approximate surface area is 252 Å². The van der Waals surface area contributed by atoms with E-state index in [1.54, 1.807) is 60.7 Å². The molecule has 0 saturated carbocycles. The molecule has 0 unspecified atom stereocenters. The zero-order valence-electron chi connectivity index (χ0n) is 21.2. The summed E-state index contributed by atoms with van der Waals surface area (Å²) in [5.74, 6) is 0.951. The predicted octanol–water partition coefficient (Wildman–Crippen LogP) is 8.22. The number of anilines is 1. The minimum atomic E-state index is -3.98. The second kappa shape index (κ2) is 12.2. The Kier molecular flexibility index (Phi) is 8.73. The smallest absolute Gasteiger partial charge is 0.264 e. The van der Waals surface area contributed by atoms with Gasteiger partial charge in [0.1, 0.15) is 0 Å². The number of rotatable bonds is 9. The third-order valence-corrected chi connectivity index (χ3v) is 9.66. The molecule has 0 atom stereocenters. The molecule has 40 heavy (non-hydrogen) atoms. The van der Waals surface area contributed by atoms with Crippen LogP contribution in [0, 0.1) is 6.92 Å². The van der Waals surface area contributed by atoms with E-state index in [0.717, 1.165) is 16.8 Å². The predicted molar refractivity (Wildman–Crippen MR) is 163 cm³/mol. The molecule has 0 fully saturated rings. The van der Waals surface area contributed by atoms with Crippen molar-refractivity contribution in [1.82, 2.24) is 14.8 Å².